The van der Waals surface area contributed by atoms with Crippen LogP contribution in [0.1, 0.15) is 0 Å². The zero-order valence-electron chi connectivity index (χ0n) is 13.7. The summed E-state index contributed by atoms with van der Waals surface area (Å²) >= 11 is 0. The molecule has 3 rings (SSSR count). The first kappa shape index (κ1) is 15.1. The van der Waals surface area contributed by atoms with Crippen LogP contribution in [0, 0.1) is 0 Å². The van der Waals surface area contributed by atoms with Crippen molar-refractivity contribution in [1.29, 1.82) is 0 Å². The summed E-state index contributed by atoms with van der Waals surface area (Å²) in [6, 6.07) is 12.2. The highest BCUT2D eigenvalue weighted by Crippen LogP contribution is 2.42. The van der Waals surface area contributed by atoms with Gasteiger partial charge < -0.3 is 24.1 Å². The Bertz CT molecular complexity index is 801. The van der Waals surface area contributed by atoms with Gasteiger partial charge in [-0.1, -0.05) is 0 Å². The van der Waals surface area contributed by atoms with Gasteiger partial charge in [-0.2, -0.15) is 0 Å². The quantitative estimate of drug-likeness (QED) is 0.774. The number of anilines is 2. The molecule has 0 unspecified atom stereocenters. The van der Waals surface area contributed by atoms with E-state index in [0.29, 0.717) is 17.2 Å². The van der Waals surface area contributed by atoms with Gasteiger partial charge in [-0.25, -0.2) is 0 Å². The number of ether oxygens (including phenoxy) is 3. The molecule has 5 nitrogen and oxygen atoms in total. The monoisotopic (exact) mass is 312 g/mol. The van der Waals surface area contributed by atoms with Crippen LogP contribution in [0.5, 0.6) is 17.2 Å². The molecule has 0 fully saturated rings. The minimum atomic E-state index is 0.591. The van der Waals surface area contributed by atoms with Crippen LogP contribution in [-0.4, -0.2) is 33.4 Å². The highest BCUT2D eigenvalue weighted by molar-refractivity contribution is 5.84. The molecule has 0 radical (unpaired) electrons. The van der Waals surface area contributed by atoms with Gasteiger partial charge in [0.1, 0.15) is 0 Å². The van der Waals surface area contributed by atoms with Gasteiger partial charge in [-0.05, 0) is 24.3 Å². The Morgan fingerprint density at radius 2 is 1.52 bits per heavy atom. The normalized spacial score (nSPS) is 10.6. The van der Waals surface area contributed by atoms with Gasteiger partial charge >= 0.3 is 0 Å². The molecular formula is C18H20N2O3. The van der Waals surface area contributed by atoms with Gasteiger partial charge in [0.05, 0.1) is 21.3 Å². The van der Waals surface area contributed by atoms with Crippen LogP contribution in [0.3, 0.4) is 0 Å². The van der Waals surface area contributed by atoms with Crippen LogP contribution in [0.4, 0.5) is 11.4 Å². The first-order chi connectivity index (χ1) is 11.2. The van der Waals surface area contributed by atoms with Crippen molar-refractivity contribution in [1.82, 2.24) is 4.98 Å². The van der Waals surface area contributed by atoms with Gasteiger partial charge in [0.25, 0.3) is 0 Å². The number of methoxy groups -OCH3 is 3. The summed E-state index contributed by atoms with van der Waals surface area (Å²) in [4.78, 5) is 5.28. The van der Waals surface area contributed by atoms with E-state index < -0.39 is 0 Å². The van der Waals surface area contributed by atoms with Gasteiger partial charge in [0.15, 0.2) is 11.5 Å². The fourth-order valence-corrected chi connectivity index (χ4v) is 2.66. The maximum absolute atomic E-state index is 5.43. The Hall–Kier alpha value is -2.82. The van der Waals surface area contributed by atoms with Crippen molar-refractivity contribution in [2.75, 3.05) is 33.3 Å². The largest absolute Gasteiger partial charge is 0.493 e. The number of hydrogen-bond donors (Lipinski definition) is 1. The van der Waals surface area contributed by atoms with Crippen LogP contribution in [0.25, 0.3) is 10.9 Å². The van der Waals surface area contributed by atoms with Crippen molar-refractivity contribution in [2.45, 2.75) is 0 Å². The third kappa shape index (κ3) is 2.65. The fraction of sp³-hybridized carbons (Fsp3) is 0.222. The van der Waals surface area contributed by atoms with E-state index in [1.807, 2.05) is 25.4 Å². The smallest absolute Gasteiger partial charge is 0.203 e. The summed E-state index contributed by atoms with van der Waals surface area (Å²) in [6.07, 6.45) is 1.94. The average Bonchev–Trinajstić information content (AvgIpc) is 3.07. The maximum Gasteiger partial charge on any atom is 0.203 e. The standard InChI is InChI=1S/C18H20N2O3/c1-20(13-5-6-15-12(9-13)7-8-19-15)14-10-16(21-2)18(23-4)17(11-14)22-3/h5-11,19H,1-4H3. The van der Waals surface area contributed by atoms with E-state index in [4.69, 9.17) is 14.2 Å². The molecule has 5 heteroatoms. The van der Waals surface area contributed by atoms with E-state index in [2.05, 4.69) is 34.1 Å². The summed E-state index contributed by atoms with van der Waals surface area (Å²) in [5, 5.41) is 1.17. The zero-order valence-corrected chi connectivity index (χ0v) is 13.7. The Kier molecular flexibility index (Phi) is 4.02. The Labute approximate surface area is 135 Å². The number of benzene rings is 2. The number of H-pyrrole nitrogens is 1. The molecule has 23 heavy (non-hydrogen) atoms. The summed E-state index contributed by atoms with van der Waals surface area (Å²) < 4.78 is 16.2. The van der Waals surface area contributed by atoms with Crippen molar-refractivity contribution in [3.05, 3.63) is 42.6 Å². The molecule has 2 aromatic carbocycles. The molecule has 0 aliphatic rings. The molecular weight excluding hydrogens is 292 g/mol. The lowest BCUT2D eigenvalue weighted by molar-refractivity contribution is 0.324. The number of aromatic amines is 1. The van der Waals surface area contributed by atoms with Crippen molar-refractivity contribution in [3.8, 4) is 17.2 Å². The van der Waals surface area contributed by atoms with Crippen LogP contribution in [0.15, 0.2) is 42.6 Å². The maximum atomic E-state index is 5.43. The van der Waals surface area contributed by atoms with Gasteiger partial charge in [0.2, 0.25) is 5.75 Å². The lowest BCUT2D eigenvalue weighted by Crippen LogP contribution is -2.10. The fourth-order valence-electron chi connectivity index (χ4n) is 2.66. The summed E-state index contributed by atoms with van der Waals surface area (Å²) in [7, 11) is 6.85. The van der Waals surface area contributed by atoms with E-state index in [0.717, 1.165) is 16.9 Å². The number of hydrogen-bond acceptors (Lipinski definition) is 4. The first-order valence-electron chi connectivity index (χ1n) is 7.28. The molecule has 0 atom stereocenters. The molecule has 1 N–H and O–H groups in total. The van der Waals surface area contributed by atoms with Crippen molar-refractivity contribution >= 4 is 22.3 Å². The molecule has 0 spiro atoms. The van der Waals surface area contributed by atoms with Gasteiger partial charge in [-0.3, -0.25) is 0 Å². The third-order valence-electron chi connectivity index (χ3n) is 3.96. The van der Waals surface area contributed by atoms with Crippen LogP contribution in [0.2, 0.25) is 0 Å². The Morgan fingerprint density at radius 3 is 2.13 bits per heavy atom. The van der Waals surface area contributed by atoms with Crippen LogP contribution < -0.4 is 19.1 Å². The van der Waals surface area contributed by atoms with Crippen LogP contribution in [-0.2, 0) is 0 Å². The van der Waals surface area contributed by atoms with E-state index in [1.165, 1.54) is 5.39 Å². The minimum Gasteiger partial charge on any atom is -0.493 e. The summed E-state index contributed by atoms with van der Waals surface area (Å²) in [5.41, 5.74) is 3.15. The van der Waals surface area contributed by atoms with Crippen LogP contribution >= 0.6 is 0 Å². The predicted molar refractivity (Wildman–Crippen MR) is 92.5 cm³/mol. The van der Waals surface area contributed by atoms with E-state index >= 15 is 0 Å². The first-order valence-corrected chi connectivity index (χ1v) is 7.28. The third-order valence-corrected chi connectivity index (χ3v) is 3.96. The topological polar surface area (TPSA) is 46.7 Å². The van der Waals surface area contributed by atoms with Crippen molar-refractivity contribution < 1.29 is 14.2 Å². The van der Waals surface area contributed by atoms with Gasteiger partial charge in [-0.15, -0.1) is 0 Å². The molecule has 1 heterocycles. The summed E-state index contributed by atoms with van der Waals surface area (Å²) in [6.45, 7) is 0. The molecule has 3 aromatic rings. The number of nitrogens with zero attached hydrogens (tertiary/aromatic N) is 1. The number of rotatable bonds is 5. The second-order valence-corrected chi connectivity index (χ2v) is 5.19. The van der Waals surface area contributed by atoms with E-state index in [1.54, 1.807) is 21.3 Å². The lowest BCUT2D eigenvalue weighted by atomic mass is 10.2. The second-order valence-electron chi connectivity index (χ2n) is 5.19. The number of aromatic nitrogens is 1. The second kappa shape index (κ2) is 6.12. The molecule has 0 saturated heterocycles. The molecule has 0 aliphatic carbocycles. The highest BCUT2D eigenvalue weighted by Gasteiger charge is 2.16. The Balaban J connectivity index is 2.05. The lowest BCUT2D eigenvalue weighted by Gasteiger charge is -2.22. The Morgan fingerprint density at radius 1 is 0.826 bits per heavy atom. The zero-order chi connectivity index (χ0) is 16.4. The van der Waals surface area contributed by atoms with Crippen molar-refractivity contribution in [2.24, 2.45) is 0 Å². The number of fused-ring (bicyclic) bond motifs is 1. The SMILES string of the molecule is COc1cc(N(C)c2ccc3[nH]ccc3c2)cc(OC)c1OC. The molecule has 0 amide bonds. The van der Waals surface area contributed by atoms with Crippen molar-refractivity contribution in [3.63, 3.8) is 0 Å². The van der Waals surface area contributed by atoms with E-state index in [-0.39, 0.29) is 0 Å². The molecule has 0 saturated carbocycles. The molecule has 0 aliphatic heterocycles. The summed E-state index contributed by atoms with van der Waals surface area (Å²) in [5.74, 6) is 1.86. The average molecular weight is 312 g/mol. The minimum absolute atomic E-state index is 0.591. The number of nitrogens with one attached hydrogen (secondary N) is 1. The molecule has 0 bridgehead atoms. The predicted octanol–water partition coefficient (Wildman–Crippen LogP) is 3.96. The molecule has 120 valence electrons. The van der Waals surface area contributed by atoms with Gasteiger partial charge in [0, 0.05) is 47.7 Å². The molecule has 1 aromatic heterocycles. The highest BCUT2D eigenvalue weighted by atomic mass is 16.5. The van der Waals surface area contributed by atoms with E-state index in [9.17, 15) is 0 Å².